The molecule has 1 saturated heterocycles. The van der Waals surface area contributed by atoms with Gasteiger partial charge in [-0.25, -0.2) is 4.99 Å². The first-order valence-electron chi connectivity index (χ1n) is 11.3. The minimum absolute atomic E-state index is 0.0502. The molecule has 0 radical (unpaired) electrons. The van der Waals surface area contributed by atoms with Crippen LogP contribution >= 0.6 is 0 Å². The SMILES string of the molecule is CCNC(=NCC(=O)NCCc1ccccc1)NC1CCN(Cc2ccccc2)CC1. The summed E-state index contributed by atoms with van der Waals surface area (Å²) in [6, 6.07) is 21.2. The predicted molar refractivity (Wildman–Crippen MR) is 127 cm³/mol. The normalized spacial score (nSPS) is 15.5. The summed E-state index contributed by atoms with van der Waals surface area (Å²) in [5, 5.41) is 9.73. The van der Waals surface area contributed by atoms with Gasteiger partial charge in [-0.05, 0) is 37.3 Å². The Kier molecular flexibility index (Phi) is 9.38. The Hall–Kier alpha value is -2.86. The van der Waals surface area contributed by atoms with Gasteiger partial charge < -0.3 is 16.0 Å². The molecule has 6 heteroatoms. The summed E-state index contributed by atoms with van der Waals surface area (Å²) in [6.45, 7) is 6.70. The summed E-state index contributed by atoms with van der Waals surface area (Å²) < 4.78 is 0. The van der Waals surface area contributed by atoms with Crippen molar-refractivity contribution >= 4 is 11.9 Å². The maximum atomic E-state index is 12.2. The average molecular weight is 422 g/mol. The van der Waals surface area contributed by atoms with Crippen LogP contribution in [0.4, 0.5) is 0 Å². The number of guanidine groups is 1. The van der Waals surface area contributed by atoms with E-state index in [-0.39, 0.29) is 12.5 Å². The van der Waals surface area contributed by atoms with Gasteiger partial charge in [-0.15, -0.1) is 0 Å². The number of carbonyl (C=O) groups is 1. The highest BCUT2D eigenvalue weighted by atomic mass is 16.1. The van der Waals surface area contributed by atoms with E-state index in [1.165, 1.54) is 11.1 Å². The molecule has 3 rings (SSSR count). The monoisotopic (exact) mass is 421 g/mol. The second-order valence-corrected chi connectivity index (χ2v) is 7.96. The Morgan fingerprint density at radius 2 is 1.61 bits per heavy atom. The van der Waals surface area contributed by atoms with Gasteiger partial charge >= 0.3 is 0 Å². The van der Waals surface area contributed by atoms with E-state index in [4.69, 9.17) is 0 Å². The molecular formula is C25H35N5O. The quantitative estimate of drug-likeness (QED) is 0.430. The summed E-state index contributed by atoms with van der Waals surface area (Å²) in [5.41, 5.74) is 2.59. The number of carbonyl (C=O) groups excluding carboxylic acids is 1. The molecule has 0 unspecified atom stereocenters. The van der Waals surface area contributed by atoms with Crippen LogP contribution in [-0.2, 0) is 17.8 Å². The molecule has 2 aromatic rings. The molecule has 0 bridgehead atoms. The van der Waals surface area contributed by atoms with E-state index in [0.29, 0.717) is 12.6 Å². The van der Waals surface area contributed by atoms with E-state index in [1.54, 1.807) is 0 Å². The van der Waals surface area contributed by atoms with E-state index in [2.05, 4.69) is 68.3 Å². The van der Waals surface area contributed by atoms with Crippen LogP contribution in [0.25, 0.3) is 0 Å². The number of hydrogen-bond donors (Lipinski definition) is 3. The smallest absolute Gasteiger partial charge is 0.241 e. The molecule has 0 aliphatic carbocycles. The highest BCUT2D eigenvalue weighted by Crippen LogP contribution is 2.13. The number of likely N-dealkylation sites (tertiary alicyclic amines) is 1. The Morgan fingerprint density at radius 1 is 0.968 bits per heavy atom. The second-order valence-electron chi connectivity index (χ2n) is 7.96. The molecule has 1 aliphatic rings. The fraction of sp³-hybridized carbons (Fsp3) is 0.440. The number of aliphatic imine (C=N–C) groups is 1. The third-order valence-electron chi connectivity index (χ3n) is 5.48. The Balaban J connectivity index is 1.38. The van der Waals surface area contributed by atoms with E-state index >= 15 is 0 Å². The molecule has 0 spiro atoms. The molecular weight excluding hydrogens is 386 g/mol. The van der Waals surface area contributed by atoms with Crippen LogP contribution in [-0.4, -0.2) is 55.5 Å². The summed E-state index contributed by atoms with van der Waals surface area (Å²) in [6.07, 6.45) is 2.97. The highest BCUT2D eigenvalue weighted by Gasteiger charge is 2.20. The number of hydrogen-bond acceptors (Lipinski definition) is 3. The molecule has 1 amide bonds. The van der Waals surface area contributed by atoms with Crippen LogP contribution in [0.1, 0.15) is 30.9 Å². The Bertz CT molecular complexity index is 801. The van der Waals surface area contributed by atoms with Gasteiger partial charge in [-0.1, -0.05) is 60.7 Å². The average Bonchev–Trinajstić information content (AvgIpc) is 2.80. The second kappa shape index (κ2) is 12.7. The summed E-state index contributed by atoms with van der Waals surface area (Å²) in [5.74, 6) is 0.674. The molecule has 1 aliphatic heterocycles. The van der Waals surface area contributed by atoms with Gasteiger partial charge in [-0.3, -0.25) is 9.69 Å². The minimum Gasteiger partial charge on any atom is -0.357 e. The molecule has 1 heterocycles. The minimum atomic E-state index is -0.0502. The summed E-state index contributed by atoms with van der Waals surface area (Å²) in [7, 11) is 0. The number of benzene rings is 2. The molecule has 2 aromatic carbocycles. The van der Waals surface area contributed by atoms with E-state index < -0.39 is 0 Å². The van der Waals surface area contributed by atoms with Gasteiger partial charge in [0.15, 0.2) is 5.96 Å². The maximum Gasteiger partial charge on any atom is 0.241 e. The number of amides is 1. The molecule has 0 saturated carbocycles. The van der Waals surface area contributed by atoms with Crippen molar-refractivity contribution in [1.29, 1.82) is 0 Å². The van der Waals surface area contributed by atoms with E-state index in [9.17, 15) is 4.79 Å². The van der Waals surface area contributed by atoms with Gasteiger partial charge in [0.25, 0.3) is 0 Å². The lowest BCUT2D eigenvalue weighted by molar-refractivity contribution is -0.119. The van der Waals surface area contributed by atoms with Crippen molar-refractivity contribution in [3.8, 4) is 0 Å². The number of nitrogens with one attached hydrogen (secondary N) is 3. The lowest BCUT2D eigenvalue weighted by Gasteiger charge is -2.33. The van der Waals surface area contributed by atoms with Crippen LogP contribution in [0.5, 0.6) is 0 Å². The van der Waals surface area contributed by atoms with E-state index in [1.807, 2.05) is 25.1 Å². The van der Waals surface area contributed by atoms with Crippen LogP contribution in [0.2, 0.25) is 0 Å². The zero-order valence-electron chi connectivity index (χ0n) is 18.5. The zero-order chi connectivity index (χ0) is 21.7. The first-order chi connectivity index (χ1) is 15.2. The lowest BCUT2D eigenvalue weighted by Crippen LogP contribution is -2.48. The molecule has 3 N–H and O–H groups in total. The van der Waals surface area contributed by atoms with Crippen LogP contribution in [0.3, 0.4) is 0 Å². The fourth-order valence-corrected chi connectivity index (χ4v) is 3.79. The number of rotatable bonds is 9. The van der Waals surface area contributed by atoms with Crippen molar-refractivity contribution in [2.45, 2.75) is 38.8 Å². The highest BCUT2D eigenvalue weighted by molar-refractivity contribution is 5.85. The van der Waals surface area contributed by atoms with Gasteiger partial charge in [0.2, 0.25) is 5.91 Å². The number of piperidine rings is 1. The van der Waals surface area contributed by atoms with Crippen LogP contribution < -0.4 is 16.0 Å². The molecule has 6 nitrogen and oxygen atoms in total. The van der Waals surface area contributed by atoms with Crippen molar-refractivity contribution in [3.63, 3.8) is 0 Å². The molecule has 0 aromatic heterocycles. The Labute approximate surface area is 186 Å². The lowest BCUT2D eigenvalue weighted by atomic mass is 10.0. The standard InChI is InChI=1S/C25H35N5O/c1-2-26-25(28-19-24(31)27-16-13-21-9-5-3-6-10-21)29-23-14-17-30(18-15-23)20-22-11-7-4-8-12-22/h3-12,23H,2,13-20H2,1H3,(H,27,31)(H2,26,28,29). The van der Waals surface area contributed by atoms with Crippen molar-refractivity contribution < 1.29 is 4.79 Å². The Morgan fingerprint density at radius 3 is 2.26 bits per heavy atom. The molecule has 166 valence electrons. The van der Waals surface area contributed by atoms with Gasteiger partial charge in [0.1, 0.15) is 6.54 Å². The first kappa shape index (κ1) is 22.8. The van der Waals surface area contributed by atoms with Crippen molar-refractivity contribution in [1.82, 2.24) is 20.9 Å². The van der Waals surface area contributed by atoms with Crippen molar-refractivity contribution in [2.24, 2.45) is 4.99 Å². The fourth-order valence-electron chi connectivity index (χ4n) is 3.79. The van der Waals surface area contributed by atoms with Gasteiger partial charge in [-0.2, -0.15) is 0 Å². The zero-order valence-corrected chi connectivity index (χ0v) is 18.5. The van der Waals surface area contributed by atoms with Gasteiger partial charge in [0, 0.05) is 38.8 Å². The topological polar surface area (TPSA) is 68.8 Å². The van der Waals surface area contributed by atoms with E-state index in [0.717, 1.165) is 51.4 Å². The third kappa shape index (κ3) is 8.42. The largest absolute Gasteiger partial charge is 0.357 e. The van der Waals surface area contributed by atoms with Crippen molar-refractivity contribution in [2.75, 3.05) is 32.7 Å². The number of nitrogens with zero attached hydrogens (tertiary/aromatic N) is 2. The molecule has 0 atom stereocenters. The van der Waals surface area contributed by atoms with Crippen LogP contribution in [0, 0.1) is 0 Å². The summed E-state index contributed by atoms with van der Waals surface area (Å²) >= 11 is 0. The summed E-state index contributed by atoms with van der Waals surface area (Å²) in [4.78, 5) is 19.2. The van der Waals surface area contributed by atoms with Crippen molar-refractivity contribution in [3.05, 3.63) is 71.8 Å². The van der Waals surface area contributed by atoms with Crippen LogP contribution in [0.15, 0.2) is 65.7 Å². The molecule has 1 fully saturated rings. The van der Waals surface area contributed by atoms with Gasteiger partial charge in [0.05, 0.1) is 0 Å². The third-order valence-corrected chi connectivity index (χ3v) is 5.48. The predicted octanol–water partition coefficient (Wildman–Crippen LogP) is 2.57. The molecule has 31 heavy (non-hydrogen) atoms. The maximum absolute atomic E-state index is 12.2. The first-order valence-corrected chi connectivity index (χ1v) is 11.3.